The Kier molecular flexibility index (Phi) is 3.88. The first-order chi connectivity index (χ1) is 8.97. The zero-order valence-corrected chi connectivity index (χ0v) is 11.3. The predicted molar refractivity (Wildman–Crippen MR) is 72.1 cm³/mol. The second kappa shape index (κ2) is 5.43. The van der Waals surface area contributed by atoms with Gasteiger partial charge in [-0.05, 0) is 56.4 Å². The molecule has 4 heteroatoms. The van der Waals surface area contributed by atoms with Crippen LogP contribution in [0, 0.1) is 19.8 Å². The third-order valence-corrected chi connectivity index (χ3v) is 3.89. The molecule has 2 atom stereocenters. The number of carbonyl (C=O) groups is 2. The molecule has 0 unspecified atom stereocenters. The first-order valence-electron chi connectivity index (χ1n) is 6.58. The molecular formula is C15H19NO3. The molecule has 0 aliphatic heterocycles. The van der Waals surface area contributed by atoms with E-state index in [9.17, 15) is 9.59 Å². The molecule has 0 saturated heterocycles. The Morgan fingerprint density at radius 2 is 1.95 bits per heavy atom. The summed E-state index contributed by atoms with van der Waals surface area (Å²) in [7, 11) is 0. The SMILES string of the molecule is Cc1ccc(C(=O)N[C@H]2CC[C@@H](C(=O)O)C2)cc1C. The molecule has 0 bridgehead atoms. The summed E-state index contributed by atoms with van der Waals surface area (Å²) in [4.78, 5) is 23.0. The summed E-state index contributed by atoms with van der Waals surface area (Å²) in [5.74, 6) is -1.19. The minimum atomic E-state index is -0.761. The second-order valence-electron chi connectivity index (χ2n) is 5.32. The van der Waals surface area contributed by atoms with Crippen molar-refractivity contribution < 1.29 is 14.7 Å². The number of rotatable bonds is 3. The molecule has 2 N–H and O–H groups in total. The van der Waals surface area contributed by atoms with Crippen molar-refractivity contribution in [2.45, 2.75) is 39.2 Å². The normalized spacial score (nSPS) is 22.2. The van der Waals surface area contributed by atoms with Gasteiger partial charge in [0.15, 0.2) is 0 Å². The zero-order valence-electron chi connectivity index (χ0n) is 11.3. The Balaban J connectivity index is 1.98. The molecule has 1 fully saturated rings. The van der Waals surface area contributed by atoms with Gasteiger partial charge in [0.1, 0.15) is 0 Å². The van der Waals surface area contributed by atoms with Crippen LogP contribution in [0.3, 0.4) is 0 Å². The maximum Gasteiger partial charge on any atom is 0.306 e. The molecule has 0 heterocycles. The highest BCUT2D eigenvalue weighted by Gasteiger charge is 2.30. The van der Waals surface area contributed by atoms with E-state index >= 15 is 0 Å². The van der Waals surface area contributed by atoms with Gasteiger partial charge in [-0.3, -0.25) is 9.59 Å². The molecule has 1 amide bonds. The van der Waals surface area contributed by atoms with Crippen molar-refractivity contribution in [1.82, 2.24) is 5.32 Å². The minimum absolute atomic E-state index is 0.0183. The fourth-order valence-corrected chi connectivity index (χ4v) is 2.49. The Morgan fingerprint density at radius 1 is 1.21 bits per heavy atom. The number of carboxylic acids is 1. The van der Waals surface area contributed by atoms with Crippen molar-refractivity contribution in [3.05, 3.63) is 34.9 Å². The van der Waals surface area contributed by atoms with Crippen molar-refractivity contribution in [2.24, 2.45) is 5.92 Å². The number of aliphatic carboxylic acids is 1. The molecule has 1 aliphatic rings. The molecule has 0 aromatic heterocycles. The van der Waals surface area contributed by atoms with Crippen LogP contribution in [0.2, 0.25) is 0 Å². The molecule has 1 aromatic carbocycles. The summed E-state index contributed by atoms with van der Waals surface area (Å²) in [6, 6.07) is 5.59. The van der Waals surface area contributed by atoms with Crippen LogP contribution < -0.4 is 5.32 Å². The van der Waals surface area contributed by atoms with Crippen molar-refractivity contribution >= 4 is 11.9 Å². The molecule has 0 radical (unpaired) electrons. The topological polar surface area (TPSA) is 66.4 Å². The number of amides is 1. The summed E-state index contributed by atoms with van der Waals surface area (Å²) in [5.41, 5.74) is 2.88. The molecule has 2 rings (SSSR count). The average molecular weight is 261 g/mol. The maximum atomic E-state index is 12.1. The number of hydrogen-bond acceptors (Lipinski definition) is 2. The van der Waals surface area contributed by atoms with Crippen LogP contribution in [0.4, 0.5) is 0 Å². The maximum absolute atomic E-state index is 12.1. The number of carbonyl (C=O) groups excluding carboxylic acids is 1. The van der Waals surface area contributed by atoms with Gasteiger partial charge in [-0.25, -0.2) is 0 Å². The van der Waals surface area contributed by atoms with Gasteiger partial charge in [0, 0.05) is 11.6 Å². The van der Waals surface area contributed by atoms with E-state index in [1.165, 1.54) is 0 Å². The third-order valence-electron chi connectivity index (χ3n) is 3.89. The van der Waals surface area contributed by atoms with Gasteiger partial charge < -0.3 is 10.4 Å². The quantitative estimate of drug-likeness (QED) is 0.877. The number of aryl methyl sites for hydroxylation is 2. The molecular weight excluding hydrogens is 242 g/mol. The first-order valence-corrected chi connectivity index (χ1v) is 6.58. The molecule has 102 valence electrons. The number of benzene rings is 1. The van der Waals surface area contributed by atoms with E-state index in [2.05, 4.69) is 5.32 Å². The van der Waals surface area contributed by atoms with E-state index in [-0.39, 0.29) is 17.9 Å². The first kappa shape index (κ1) is 13.6. The Bertz CT molecular complexity index is 510. The van der Waals surface area contributed by atoms with Crippen LogP contribution in [0.1, 0.15) is 40.7 Å². The van der Waals surface area contributed by atoms with E-state index in [0.29, 0.717) is 18.4 Å². The van der Waals surface area contributed by atoms with Gasteiger partial charge >= 0.3 is 5.97 Å². The molecule has 19 heavy (non-hydrogen) atoms. The zero-order chi connectivity index (χ0) is 14.0. The Morgan fingerprint density at radius 3 is 2.53 bits per heavy atom. The fraction of sp³-hybridized carbons (Fsp3) is 0.467. The molecule has 0 spiro atoms. The summed E-state index contributed by atoms with van der Waals surface area (Å²) < 4.78 is 0. The average Bonchev–Trinajstić information content (AvgIpc) is 2.81. The number of nitrogens with one attached hydrogen (secondary N) is 1. The molecule has 1 aliphatic carbocycles. The van der Waals surface area contributed by atoms with Crippen LogP contribution in [0.25, 0.3) is 0 Å². The molecule has 1 saturated carbocycles. The predicted octanol–water partition coefficient (Wildman–Crippen LogP) is 2.29. The van der Waals surface area contributed by atoms with Crippen LogP contribution in [0.5, 0.6) is 0 Å². The fourth-order valence-electron chi connectivity index (χ4n) is 2.49. The Hall–Kier alpha value is -1.84. The van der Waals surface area contributed by atoms with Gasteiger partial charge in [-0.15, -0.1) is 0 Å². The largest absolute Gasteiger partial charge is 0.481 e. The lowest BCUT2D eigenvalue weighted by Crippen LogP contribution is -2.33. The highest BCUT2D eigenvalue weighted by molar-refractivity contribution is 5.94. The third kappa shape index (κ3) is 3.13. The summed E-state index contributed by atoms with van der Waals surface area (Å²) in [6.07, 6.45) is 1.92. The van der Waals surface area contributed by atoms with Crippen molar-refractivity contribution in [3.8, 4) is 0 Å². The minimum Gasteiger partial charge on any atom is -0.481 e. The lowest BCUT2D eigenvalue weighted by Gasteiger charge is -2.13. The summed E-state index contributed by atoms with van der Waals surface area (Å²) in [5, 5.41) is 11.9. The monoisotopic (exact) mass is 261 g/mol. The standard InChI is InChI=1S/C15H19NO3/c1-9-3-4-11(7-10(9)2)14(17)16-13-6-5-12(8-13)15(18)19/h3-4,7,12-13H,5-6,8H2,1-2H3,(H,16,17)(H,18,19)/t12-,13+/m1/s1. The second-order valence-corrected chi connectivity index (χ2v) is 5.32. The van der Waals surface area contributed by atoms with Gasteiger partial charge in [0.2, 0.25) is 0 Å². The van der Waals surface area contributed by atoms with E-state index in [1.54, 1.807) is 6.07 Å². The van der Waals surface area contributed by atoms with E-state index < -0.39 is 5.97 Å². The van der Waals surface area contributed by atoms with Crippen LogP contribution in [-0.4, -0.2) is 23.0 Å². The molecule has 4 nitrogen and oxygen atoms in total. The van der Waals surface area contributed by atoms with Gasteiger partial charge in [0.05, 0.1) is 5.92 Å². The van der Waals surface area contributed by atoms with Crippen molar-refractivity contribution in [3.63, 3.8) is 0 Å². The highest BCUT2D eigenvalue weighted by atomic mass is 16.4. The van der Waals surface area contributed by atoms with Crippen molar-refractivity contribution in [1.29, 1.82) is 0 Å². The van der Waals surface area contributed by atoms with E-state index in [4.69, 9.17) is 5.11 Å². The van der Waals surface area contributed by atoms with Crippen LogP contribution >= 0.6 is 0 Å². The Labute approximate surface area is 112 Å². The lowest BCUT2D eigenvalue weighted by molar-refractivity contribution is -0.141. The number of hydrogen-bond donors (Lipinski definition) is 2. The van der Waals surface area contributed by atoms with Crippen molar-refractivity contribution in [2.75, 3.05) is 0 Å². The van der Waals surface area contributed by atoms with Gasteiger partial charge in [0.25, 0.3) is 5.91 Å². The van der Waals surface area contributed by atoms with E-state index in [0.717, 1.165) is 17.5 Å². The van der Waals surface area contributed by atoms with Crippen LogP contribution in [0.15, 0.2) is 18.2 Å². The highest BCUT2D eigenvalue weighted by Crippen LogP contribution is 2.26. The lowest BCUT2D eigenvalue weighted by atomic mass is 10.1. The van der Waals surface area contributed by atoms with Gasteiger partial charge in [-0.1, -0.05) is 6.07 Å². The smallest absolute Gasteiger partial charge is 0.306 e. The van der Waals surface area contributed by atoms with Crippen LogP contribution in [-0.2, 0) is 4.79 Å². The number of carboxylic acid groups (broad SMARTS) is 1. The summed E-state index contributed by atoms with van der Waals surface area (Å²) >= 11 is 0. The van der Waals surface area contributed by atoms with E-state index in [1.807, 2.05) is 26.0 Å². The summed E-state index contributed by atoms with van der Waals surface area (Å²) in [6.45, 7) is 3.98. The van der Waals surface area contributed by atoms with Gasteiger partial charge in [-0.2, -0.15) is 0 Å². The molecule has 1 aromatic rings.